The zero-order valence-corrected chi connectivity index (χ0v) is 11.5. The second kappa shape index (κ2) is 6.36. The average molecular weight is 277 g/mol. The Morgan fingerprint density at radius 3 is 2.70 bits per heavy atom. The molecule has 1 heterocycles. The van der Waals surface area contributed by atoms with Gasteiger partial charge < -0.3 is 15.3 Å². The van der Waals surface area contributed by atoms with Crippen LogP contribution in [-0.4, -0.2) is 39.6 Å². The molecule has 1 saturated carbocycles. The molecule has 6 nitrogen and oxygen atoms in total. The summed E-state index contributed by atoms with van der Waals surface area (Å²) in [6.07, 6.45) is 4.46. The molecule has 108 valence electrons. The van der Waals surface area contributed by atoms with Gasteiger partial charge in [0.05, 0.1) is 24.0 Å². The first-order chi connectivity index (χ1) is 9.60. The van der Waals surface area contributed by atoms with Crippen LogP contribution in [0.2, 0.25) is 0 Å². The lowest BCUT2D eigenvalue weighted by Gasteiger charge is -2.22. The minimum atomic E-state index is -0.919. The zero-order chi connectivity index (χ0) is 14.5. The summed E-state index contributed by atoms with van der Waals surface area (Å²) in [7, 11) is 0. The van der Waals surface area contributed by atoms with Gasteiger partial charge >= 0.3 is 12.0 Å². The number of carbonyl (C=O) groups excluding carboxylic acids is 1. The van der Waals surface area contributed by atoms with Crippen LogP contribution < -0.4 is 5.32 Å². The van der Waals surface area contributed by atoms with Gasteiger partial charge in [-0.25, -0.2) is 4.79 Å². The molecule has 0 aliphatic heterocycles. The van der Waals surface area contributed by atoms with Crippen molar-refractivity contribution in [3.8, 4) is 0 Å². The smallest absolute Gasteiger partial charge is 0.322 e. The van der Waals surface area contributed by atoms with Crippen molar-refractivity contribution >= 4 is 17.7 Å². The van der Waals surface area contributed by atoms with Gasteiger partial charge in [0.25, 0.3) is 0 Å². The molecule has 2 amide bonds. The third kappa shape index (κ3) is 3.94. The molecule has 0 atom stereocenters. The summed E-state index contributed by atoms with van der Waals surface area (Å²) in [5, 5.41) is 11.5. The molecule has 20 heavy (non-hydrogen) atoms. The summed E-state index contributed by atoms with van der Waals surface area (Å²) >= 11 is 0. The van der Waals surface area contributed by atoms with Crippen molar-refractivity contribution < 1.29 is 14.7 Å². The van der Waals surface area contributed by atoms with Gasteiger partial charge in [0, 0.05) is 12.6 Å². The van der Waals surface area contributed by atoms with E-state index < -0.39 is 5.97 Å². The fourth-order valence-electron chi connectivity index (χ4n) is 2.03. The van der Waals surface area contributed by atoms with E-state index in [1.807, 2.05) is 11.8 Å². The standard InChI is InChI=1S/C14H19N3O3/c1-2-7-17(12-5-6-12)14(20)16-11-4-3-10(15-9-11)8-13(18)19/h3-4,9,12H,2,5-8H2,1H3,(H,16,20)(H,18,19). The number of aromatic nitrogens is 1. The topological polar surface area (TPSA) is 82.5 Å². The van der Waals surface area contributed by atoms with Crippen molar-refractivity contribution in [3.63, 3.8) is 0 Å². The first-order valence-corrected chi connectivity index (χ1v) is 6.84. The first-order valence-electron chi connectivity index (χ1n) is 6.84. The number of hydrogen-bond donors (Lipinski definition) is 2. The van der Waals surface area contributed by atoms with Crippen LogP contribution in [-0.2, 0) is 11.2 Å². The lowest BCUT2D eigenvalue weighted by molar-refractivity contribution is -0.136. The van der Waals surface area contributed by atoms with Gasteiger partial charge in [-0.05, 0) is 31.4 Å². The van der Waals surface area contributed by atoms with Crippen LogP contribution in [0.3, 0.4) is 0 Å². The lowest BCUT2D eigenvalue weighted by atomic mass is 10.2. The molecule has 0 spiro atoms. The van der Waals surface area contributed by atoms with Crippen molar-refractivity contribution in [2.24, 2.45) is 0 Å². The first kappa shape index (κ1) is 14.3. The van der Waals surface area contributed by atoms with Gasteiger partial charge in [0.1, 0.15) is 0 Å². The molecule has 0 saturated heterocycles. The molecule has 1 aliphatic carbocycles. The van der Waals surface area contributed by atoms with Gasteiger partial charge in [-0.2, -0.15) is 0 Å². The number of rotatable bonds is 6. The summed E-state index contributed by atoms with van der Waals surface area (Å²) in [5.74, 6) is -0.919. The molecular weight excluding hydrogens is 258 g/mol. The quantitative estimate of drug-likeness (QED) is 0.834. The van der Waals surface area contributed by atoms with Crippen LogP contribution in [0.5, 0.6) is 0 Å². The maximum atomic E-state index is 12.1. The third-order valence-electron chi connectivity index (χ3n) is 3.12. The lowest BCUT2D eigenvalue weighted by Crippen LogP contribution is -2.37. The molecule has 1 aromatic rings. The molecule has 1 fully saturated rings. The zero-order valence-electron chi connectivity index (χ0n) is 11.5. The van der Waals surface area contributed by atoms with E-state index in [9.17, 15) is 9.59 Å². The normalized spacial score (nSPS) is 13.8. The number of nitrogens with zero attached hydrogens (tertiary/aromatic N) is 2. The number of hydrogen-bond acceptors (Lipinski definition) is 3. The Morgan fingerprint density at radius 2 is 2.20 bits per heavy atom. The van der Waals surface area contributed by atoms with Gasteiger partial charge in [-0.15, -0.1) is 0 Å². The Morgan fingerprint density at radius 1 is 1.45 bits per heavy atom. The predicted octanol–water partition coefficient (Wildman–Crippen LogP) is 2.12. The van der Waals surface area contributed by atoms with Crippen LogP contribution >= 0.6 is 0 Å². The molecule has 1 aromatic heterocycles. The Kier molecular flexibility index (Phi) is 4.55. The fourth-order valence-corrected chi connectivity index (χ4v) is 2.03. The number of carboxylic acids is 1. The number of carboxylic acid groups (broad SMARTS) is 1. The molecule has 0 radical (unpaired) electrons. The van der Waals surface area contributed by atoms with Crippen LogP contribution in [0, 0.1) is 0 Å². The maximum absolute atomic E-state index is 12.1. The number of amides is 2. The Hall–Kier alpha value is -2.11. The van der Waals surface area contributed by atoms with Gasteiger partial charge in [0.2, 0.25) is 0 Å². The van der Waals surface area contributed by atoms with E-state index in [1.54, 1.807) is 12.1 Å². The monoisotopic (exact) mass is 277 g/mol. The Bertz CT molecular complexity index is 483. The van der Waals surface area contributed by atoms with E-state index in [1.165, 1.54) is 6.20 Å². The predicted molar refractivity (Wildman–Crippen MR) is 74.6 cm³/mol. The second-order valence-electron chi connectivity index (χ2n) is 4.96. The van der Waals surface area contributed by atoms with Crippen molar-refractivity contribution in [1.82, 2.24) is 9.88 Å². The molecular formula is C14H19N3O3. The molecule has 2 N–H and O–H groups in total. The van der Waals surface area contributed by atoms with Crippen LogP contribution in [0.25, 0.3) is 0 Å². The van der Waals surface area contributed by atoms with Gasteiger partial charge in [-0.3, -0.25) is 9.78 Å². The third-order valence-corrected chi connectivity index (χ3v) is 3.12. The van der Waals surface area contributed by atoms with Crippen LogP contribution in [0.15, 0.2) is 18.3 Å². The van der Waals surface area contributed by atoms with Crippen LogP contribution in [0.1, 0.15) is 31.9 Å². The molecule has 2 rings (SSSR count). The fraction of sp³-hybridized carbons (Fsp3) is 0.500. The Balaban J connectivity index is 1.94. The largest absolute Gasteiger partial charge is 0.481 e. The SMILES string of the molecule is CCCN(C(=O)Nc1ccc(CC(=O)O)nc1)C1CC1. The molecule has 1 aliphatic rings. The minimum Gasteiger partial charge on any atom is -0.481 e. The summed E-state index contributed by atoms with van der Waals surface area (Å²) in [6, 6.07) is 3.56. The number of nitrogens with one attached hydrogen (secondary N) is 1. The van der Waals surface area contributed by atoms with Crippen LogP contribution in [0.4, 0.5) is 10.5 Å². The highest BCUT2D eigenvalue weighted by atomic mass is 16.4. The number of aliphatic carboxylic acids is 1. The molecule has 0 bridgehead atoms. The van der Waals surface area contributed by atoms with E-state index in [-0.39, 0.29) is 12.5 Å². The van der Waals surface area contributed by atoms with E-state index in [4.69, 9.17) is 5.11 Å². The highest BCUT2D eigenvalue weighted by molar-refractivity contribution is 5.89. The Labute approximate surface area is 117 Å². The van der Waals surface area contributed by atoms with E-state index in [0.717, 1.165) is 25.8 Å². The number of anilines is 1. The van der Waals surface area contributed by atoms with Crippen molar-refractivity contribution in [2.45, 2.75) is 38.6 Å². The molecule has 0 unspecified atom stereocenters. The van der Waals surface area contributed by atoms with Gasteiger partial charge in [0.15, 0.2) is 0 Å². The van der Waals surface area contributed by atoms with Gasteiger partial charge in [-0.1, -0.05) is 6.92 Å². The minimum absolute atomic E-state index is 0.109. The average Bonchev–Trinajstić information content (AvgIpc) is 3.22. The second-order valence-corrected chi connectivity index (χ2v) is 4.96. The number of carbonyl (C=O) groups is 2. The summed E-state index contributed by atoms with van der Waals surface area (Å²) in [5.41, 5.74) is 1.06. The maximum Gasteiger partial charge on any atom is 0.322 e. The highest BCUT2D eigenvalue weighted by Gasteiger charge is 2.31. The van der Waals surface area contributed by atoms with Crippen molar-refractivity contribution in [2.75, 3.05) is 11.9 Å². The summed E-state index contributed by atoms with van der Waals surface area (Å²) in [6.45, 7) is 2.80. The van der Waals surface area contributed by atoms with E-state index in [2.05, 4.69) is 10.3 Å². The summed E-state index contributed by atoms with van der Waals surface area (Å²) in [4.78, 5) is 28.6. The number of pyridine rings is 1. The van der Waals surface area contributed by atoms with Crippen molar-refractivity contribution in [3.05, 3.63) is 24.0 Å². The van der Waals surface area contributed by atoms with E-state index in [0.29, 0.717) is 17.4 Å². The summed E-state index contributed by atoms with van der Waals surface area (Å²) < 4.78 is 0. The highest BCUT2D eigenvalue weighted by Crippen LogP contribution is 2.27. The number of urea groups is 1. The molecule has 0 aromatic carbocycles. The molecule has 6 heteroatoms. The van der Waals surface area contributed by atoms with Crippen molar-refractivity contribution in [1.29, 1.82) is 0 Å². The van der Waals surface area contributed by atoms with E-state index >= 15 is 0 Å².